The quantitative estimate of drug-likeness (QED) is 0.374. The minimum atomic E-state index is -0.520. The fourth-order valence-electron chi connectivity index (χ4n) is 2.15. The van der Waals surface area contributed by atoms with Crippen LogP contribution in [0.3, 0.4) is 0 Å². The van der Waals surface area contributed by atoms with Gasteiger partial charge in [0.25, 0.3) is 0 Å². The predicted molar refractivity (Wildman–Crippen MR) is 91.0 cm³/mol. The molecule has 0 radical (unpaired) electrons. The molecule has 0 aliphatic carbocycles. The van der Waals surface area contributed by atoms with Crippen molar-refractivity contribution in [1.29, 1.82) is 0 Å². The first-order chi connectivity index (χ1) is 10.7. The maximum absolute atomic E-state index is 11.9. The lowest BCUT2D eigenvalue weighted by Gasteiger charge is -2.26. The summed E-state index contributed by atoms with van der Waals surface area (Å²) in [5.41, 5.74) is -0.520. The number of esters is 1. The van der Waals surface area contributed by atoms with Gasteiger partial charge in [-0.25, -0.2) is 0 Å². The second-order valence-electron chi connectivity index (χ2n) is 7.06. The number of ether oxygens (including phenoxy) is 1. The molecular formula is C17H34N2O4. The summed E-state index contributed by atoms with van der Waals surface area (Å²) in [6.45, 7) is 10.3. The Kier molecular flexibility index (Phi) is 10.8. The van der Waals surface area contributed by atoms with Gasteiger partial charge in [-0.15, -0.1) is 0 Å². The predicted octanol–water partition coefficient (Wildman–Crippen LogP) is 1.61. The average molecular weight is 330 g/mol. The molecule has 0 aliphatic rings. The Bertz CT molecular complexity index is 357. The zero-order valence-corrected chi connectivity index (χ0v) is 15.3. The highest BCUT2D eigenvalue weighted by atomic mass is 16.5. The molecule has 3 N–H and O–H groups in total. The van der Waals surface area contributed by atoms with Gasteiger partial charge in [0.05, 0.1) is 32.2 Å². The van der Waals surface area contributed by atoms with Gasteiger partial charge in [-0.2, -0.15) is 0 Å². The van der Waals surface area contributed by atoms with Crippen LogP contribution in [0, 0.1) is 5.92 Å². The minimum Gasteiger partial charge on any atom is -0.466 e. The third-order valence-corrected chi connectivity index (χ3v) is 3.42. The number of rotatable bonds is 12. The van der Waals surface area contributed by atoms with E-state index in [4.69, 9.17) is 4.74 Å². The number of aliphatic hydroxyl groups excluding tert-OH is 1. The van der Waals surface area contributed by atoms with Crippen LogP contribution in [-0.4, -0.2) is 48.3 Å². The van der Waals surface area contributed by atoms with Crippen molar-refractivity contribution in [1.82, 2.24) is 10.6 Å². The van der Waals surface area contributed by atoms with E-state index < -0.39 is 5.54 Å². The van der Waals surface area contributed by atoms with Crippen LogP contribution in [0.1, 0.15) is 60.3 Å². The lowest BCUT2D eigenvalue weighted by Crippen LogP contribution is -2.49. The average Bonchev–Trinajstić information content (AvgIpc) is 2.44. The lowest BCUT2D eigenvalue weighted by molar-refractivity contribution is -0.145. The molecule has 6 nitrogen and oxygen atoms in total. The van der Waals surface area contributed by atoms with Crippen LogP contribution in [0.15, 0.2) is 0 Å². The topological polar surface area (TPSA) is 87.7 Å². The fourth-order valence-corrected chi connectivity index (χ4v) is 2.15. The van der Waals surface area contributed by atoms with Gasteiger partial charge in [0.2, 0.25) is 5.91 Å². The molecule has 0 saturated carbocycles. The Morgan fingerprint density at radius 3 is 2.43 bits per heavy atom. The molecule has 1 atom stereocenters. The van der Waals surface area contributed by atoms with Gasteiger partial charge in [0.15, 0.2) is 0 Å². The van der Waals surface area contributed by atoms with E-state index >= 15 is 0 Å². The van der Waals surface area contributed by atoms with E-state index in [1.807, 2.05) is 34.6 Å². The van der Waals surface area contributed by atoms with E-state index in [0.29, 0.717) is 12.5 Å². The summed E-state index contributed by atoms with van der Waals surface area (Å²) in [7, 11) is 0. The molecule has 0 unspecified atom stereocenters. The highest BCUT2D eigenvalue weighted by molar-refractivity contribution is 5.78. The summed E-state index contributed by atoms with van der Waals surface area (Å²) in [6.07, 6.45) is 2.78. The van der Waals surface area contributed by atoms with Crippen LogP contribution in [0.25, 0.3) is 0 Å². The standard InChI is InChI=1S/C17H34N2O4/c1-6-7-8-23-16(22)10-17(4,5)18-11-15(21)19-14(12-20)9-13(2)3/h13-14,18,20H,6-12H2,1-5H3,(H,19,21)/t14-/m0/s1. The SMILES string of the molecule is CCCCOC(=O)CC(C)(C)NCC(=O)N[C@H](CO)CC(C)C. The smallest absolute Gasteiger partial charge is 0.307 e. The lowest BCUT2D eigenvalue weighted by atomic mass is 10.0. The first-order valence-electron chi connectivity index (χ1n) is 8.51. The second-order valence-corrected chi connectivity index (χ2v) is 7.06. The Balaban J connectivity index is 4.15. The maximum Gasteiger partial charge on any atom is 0.307 e. The van der Waals surface area contributed by atoms with Gasteiger partial charge in [0, 0.05) is 5.54 Å². The normalized spacial score (nSPS) is 13.0. The number of unbranched alkanes of at least 4 members (excludes halogenated alkanes) is 1. The summed E-state index contributed by atoms with van der Waals surface area (Å²) in [5, 5.41) is 15.1. The Labute approximate surface area is 140 Å². The minimum absolute atomic E-state index is 0.0724. The first kappa shape index (κ1) is 21.9. The third kappa shape index (κ3) is 12.0. The van der Waals surface area contributed by atoms with E-state index in [9.17, 15) is 14.7 Å². The number of carbonyl (C=O) groups excluding carboxylic acids is 2. The van der Waals surface area contributed by atoms with E-state index in [1.165, 1.54) is 0 Å². The number of nitrogens with one attached hydrogen (secondary N) is 2. The van der Waals surface area contributed by atoms with Crippen molar-refractivity contribution in [3.63, 3.8) is 0 Å². The molecular weight excluding hydrogens is 296 g/mol. The number of carbonyl (C=O) groups is 2. The molecule has 23 heavy (non-hydrogen) atoms. The fraction of sp³-hybridized carbons (Fsp3) is 0.882. The molecule has 0 aromatic rings. The van der Waals surface area contributed by atoms with Gasteiger partial charge in [-0.1, -0.05) is 27.2 Å². The molecule has 0 aliphatic heterocycles. The van der Waals surface area contributed by atoms with E-state index in [1.54, 1.807) is 0 Å². The first-order valence-corrected chi connectivity index (χ1v) is 8.51. The van der Waals surface area contributed by atoms with Crippen LogP contribution in [-0.2, 0) is 14.3 Å². The van der Waals surface area contributed by atoms with Crippen LogP contribution >= 0.6 is 0 Å². The van der Waals surface area contributed by atoms with Gasteiger partial charge in [-0.3, -0.25) is 9.59 Å². The van der Waals surface area contributed by atoms with Crippen molar-refractivity contribution in [2.75, 3.05) is 19.8 Å². The van der Waals surface area contributed by atoms with Crippen molar-refractivity contribution >= 4 is 11.9 Å². The van der Waals surface area contributed by atoms with Crippen molar-refractivity contribution in [2.24, 2.45) is 5.92 Å². The second kappa shape index (κ2) is 11.4. The van der Waals surface area contributed by atoms with Crippen LogP contribution in [0.5, 0.6) is 0 Å². The summed E-state index contributed by atoms with van der Waals surface area (Å²) in [4.78, 5) is 23.7. The number of hydrogen-bond donors (Lipinski definition) is 3. The summed E-state index contributed by atoms with van der Waals surface area (Å²) in [5.74, 6) is -0.0451. The largest absolute Gasteiger partial charge is 0.466 e. The molecule has 0 saturated heterocycles. The summed E-state index contributed by atoms with van der Waals surface area (Å²) >= 11 is 0. The Morgan fingerprint density at radius 1 is 1.26 bits per heavy atom. The monoisotopic (exact) mass is 330 g/mol. The van der Waals surface area contributed by atoms with Crippen LogP contribution in [0.4, 0.5) is 0 Å². The Morgan fingerprint density at radius 2 is 1.91 bits per heavy atom. The zero-order valence-electron chi connectivity index (χ0n) is 15.3. The van der Waals surface area contributed by atoms with Crippen molar-refractivity contribution in [2.45, 2.75) is 71.9 Å². The highest BCUT2D eigenvalue weighted by Gasteiger charge is 2.23. The molecule has 0 spiro atoms. The van der Waals surface area contributed by atoms with Gasteiger partial charge >= 0.3 is 5.97 Å². The molecule has 0 bridgehead atoms. The van der Waals surface area contributed by atoms with E-state index in [0.717, 1.165) is 19.3 Å². The molecule has 0 aromatic carbocycles. The number of hydrogen-bond acceptors (Lipinski definition) is 5. The molecule has 6 heteroatoms. The summed E-state index contributed by atoms with van der Waals surface area (Å²) < 4.78 is 5.14. The van der Waals surface area contributed by atoms with Crippen LogP contribution < -0.4 is 10.6 Å². The molecule has 0 aromatic heterocycles. The molecule has 0 heterocycles. The van der Waals surface area contributed by atoms with Gasteiger partial charge < -0.3 is 20.5 Å². The van der Waals surface area contributed by atoms with Crippen molar-refractivity contribution in [3.8, 4) is 0 Å². The van der Waals surface area contributed by atoms with E-state index in [2.05, 4.69) is 10.6 Å². The molecule has 0 fully saturated rings. The molecule has 1 amide bonds. The summed E-state index contributed by atoms with van der Waals surface area (Å²) in [6, 6.07) is -0.230. The van der Waals surface area contributed by atoms with E-state index in [-0.39, 0.29) is 37.5 Å². The number of amides is 1. The molecule has 0 rings (SSSR count). The van der Waals surface area contributed by atoms with Crippen molar-refractivity contribution < 1.29 is 19.4 Å². The third-order valence-electron chi connectivity index (χ3n) is 3.42. The van der Waals surface area contributed by atoms with Crippen molar-refractivity contribution in [3.05, 3.63) is 0 Å². The number of aliphatic hydroxyl groups is 1. The maximum atomic E-state index is 11.9. The van der Waals surface area contributed by atoms with Gasteiger partial charge in [-0.05, 0) is 32.6 Å². The van der Waals surface area contributed by atoms with Gasteiger partial charge in [0.1, 0.15) is 0 Å². The van der Waals surface area contributed by atoms with Crippen LogP contribution in [0.2, 0.25) is 0 Å². The zero-order chi connectivity index (χ0) is 17.9. The Hall–Kier alpha value is -1.14. The highest BCUT2D eigenvalue weighted by Crippen LogP contribution is 2.09. The molecule has 136 valence electrons.